The highest BCUT2D eigenvalue weighted by atomic mass is 15.2. The van der Waals surface area contributed by atoms with E-state index < -0.39 is 11.1 Å². The molecule has 0 rings (SSSR count). The molecule has 0 saturated heterocycles. The molecule has 0 aromatic carbocycles. The molecule has 0 aliphatic carbocycles. The van der Waals surface area contributed by atoms with Gasteiger partial charge in [-0.1, -0.05) is 69.2 Å². The summed E-state index contributed by atoms with van der Waals surface area (Å²) in [6.45, 7) is 21.1. The van der Waals surface area contributed by atoms with Crippen molar-refractivity contribution in [2.45, 2.75) is 93.2 Å². The second-order valence-electron chi connectivity index (χ2n) is 9.43. The van der Waals surface area contributed by atoms with Gasteiger partial charge in [-0.2, -0.15) is 20.8 Å². The Kier molecular flexibility index (Phi) is 9.50. The number of hydrogen-bond acceptors (Lipinski definition) is 4. The van der Waals surface area contributed by atoms with Gasteiger partial charge in [0.15, 0.2) is 11.1 Å². The van der Waals surface area contributed by atoms with Crippen LogP contribution in [0.4, 0.5) is 0 Å². The standard InChI is InChI=1S/C22H40N4/c1-15(2)19(9)11-21(13-23,17(5)6)25-26-22(14-24,18(7)8)12-20(10)16(3)4/h15-20H,11-12H2,1-10H3. The maximum absolute atomic E-state index is 9.97. The summed E-state index contributed by atoms with van der Waals surface area (Å²) >= 11 is 0. The third-order valence-corrected chi connectivity index (χ3v) is 6.25. The molecule has 4 heteroatoms. The third-order valence-electron chi connectivity index (χ3n) is 6.25. The van der Waals surface area contributed by atoms with Crippen LogP contribution < -0.4 is 0 Å². The van der Waals surface area contributed by atoms with Gasteiger partial charge in [0.1, 0.15) is 0 Å². The zero-order valence-electron chi connectivity index (χ0n) is 18.7. The minimum absolute atomic E-state index is 0.0449. The van der Waals surface area contributed by atoms with E-state index in [1.54, 1.807) is 0 Å². The maximum atomic E-state index is 9.97. The molecule has 0 aromatic rings. The summed E-state index contributed by atoms with van der Waals surface area (Å²) in [5.74, 6) is 1.77. The molecular weight excluding hydrogens is 320 g/mol. The Bertz CT molecular complexity index is 487. The number of azo groups is 1. The molecule has 0 aromatic heterocycles. The Hall–Kier alpha value is -1.42. The van der Waals surface area contributed by atoms with Crippen molar-refractivity contribution in [2.24, 2.45) is 45.7 Å². The number of nitriles is 2. The zero-order chi connectivity index (χ0) is 20.7. The maximum Gasteiger partial charge on any atom is 0.170 e. The van der Waals surface area contributed by atoms with Crippen LogP contribution >= 0.6 is 0 Å². The van der Waals surface area contributed by atoms with E-state index in [9.17, 15) is 10.5 Å². The Balaban J connectivity index is 5.97. The fraction of sp³-hybridized carbons (Fsp3) is 0.909. The molecule has 26 heavy (non-hydrogen) atoms. The van der Waals surface area contributed by atoms with Crippen molar-refractivity contribution in [3.63, 3.8) is 0 Å². The first-order valence-electron chi connectivity index (χ1n) is 10.1. The average Bonchev–Trinajstić information content (AvgIpc) is 2.55. The molecule has 0 amide bonds. The summed E-state index contributed by atoms with van der Waals surface area (Å²) in [6.07, 6.45) is 1.34. The van der Waals surface area contributed by atoms with Crippen molar-refractivity contribution < 1.29 is 0 Å². The smallest absolute Gasteiger partial charge is 0.170 e. The van der Waals surface area contributed by atoms with Crippen molar-refractivity contribution in [1.82, 2.24) is 0 Å². The Morgan fingerprint density at radius 1 is 0.615 bits per heavy atom. The molecule has 0 fully saturated rings. The van der Waals surface area contributed by atoms with Gasteiger partial charge < -0.3 is 0 Å². The topological polar surface area (TPSA) is 72.3 Å². The highest BCUT2D eigenvalue weighted by Gasteiger charge is 2.41. The Morgan fingerprint density at radius 3 is 1.04 bits per heavy atom. The lowest BCUT2D eigenvalue weighted by Crippen LogP contribution is -2.38. The van der Waals surface area contributed by atoms with E-state index in [1.165, 1.54) is 0 Å². The predicted octanol–water partition coefficient (Wildman–Crippen LogP) is 6.64. The molecule has 4 unspecified atom stereocenters. The molecule has 0 radical (unpaired) electrons. The largest absolute Gasteiger partial charge is 0.196 e. The van der Waals surface area contributed by atoms with Gasteiger partial charge in [0, 0.05) is 0 Å². The highest BCUT2D eigenvalue weighted by molar-refractivity contribution is 5.13. The summed E-state index contributed by atoms with van der Waals surface area (Å²) < 4.78 is 0. The van der Waals surface area contributed by atoms with E-state index in [4.69, 9.17) is 0 Å². The van der Waals surface area contributed by atoms with Crippen LogP contribution in [0.5, 0.6) is 0 Å². The molecule has 0 heterocycles. The third kappa shape index (κ3) is 6.08. The Labute approximate surface area is 162 Å². The second-order valence-corrected chi connectivity index (χ2v) is 9.43. The van der Waals surface area contributed by atoms with Crippen molar-refractivity contribution in [1.29, 1.82) is 10.5 Å². The SMILES string of the molecule is CC(C)C(C)CC(C#N)(N=NC(C#N)(CC(C)C(C)C)C(C)C)C(C)C. The van der Waals surface area contributed by atoms with Crippen LogP contribution in [0.15, 0.2) is 10.2 Å². The summed E-state index contributed by atoms with van der Waals surface area (Å²) in [5.41, 5.74) is -1.75. The van der Waals surface area contributed by atoms with Crippen molar-refractivity contribution in [2.75, 3.05) is 0 Å². The van der Waals surface area contributed by atoms with E-state index in [2.05, 4.69) is 63.9 Å². The minimum Gasteiger partial charge on any atom is -0.196 e. The molecule has 0 aliphatic heterocycles. The van der Waals surface area contributed by atoms with Gasteiger partial charge in [-0.15, -0.1) is 0 Å². The zero-order valence-corrected chi connectivity index (χ0v) is 18.7. The van der Waals surface area contributed by atoms with Gasteiger partial charge in [-0.25, -0.2) is 0 Å². The summed E-state index contributed by atoms with van der Waals surface area (Å²) in [6, 6.07) is 4.89. The Morgan fingerprint density at radius 2 is 0.885 bits per heavy atom. The van der Waals surface area contributed by atoms with E-state index in [0.29, 0.717) is 36.5 Å². The van der Waals surface area contributed by atoms with Gasteiger partial charge in [-0.05, 0) is 48.3 Å². The molecular formula is C22H40N4. The van der Waals surface area contributed by atoms with E-state index in [-0.39, 0.29) is 11.8 Å². The van der Waals surface area contributed by atoms with Crippen LogP contribution in [0.3, 0.4) is 0 Å². The van der Waals surface area contributed by atoms with Crippen molar-refractivity contribution in [3.05, 3.63) is 0 Å². The molecule has 0 N–H and O–H groups in total. The minimum atomic E-state index is -0.873. The first-order valence-corrected chi connectivity index (χ1v) is 10.1. The van der Waals surface area contributed by atoms with E-state index in [0.717, 1.165) is 0 Å². The van der Waals surface area contributed by atoms with Gasteiger partial charge in [0.05, 0.1) is 12.1 Å². The molecule has 0 aliphatic rings. The van der Waals surface area contributed by atoms with Crippen LogP contribution in [-0.4, -0.2) is 11.1 Å². The molecule has 0 saturated carbocycles. The van der Waals surface area contributed by atoms with Crippen LogP contribution in [0.2, 0.25) is 0 Å². The fourth-order valence-electron chi connectivity index (χ4n) is 2.81. The molecule has 4 atom stereocenters. The first-order chi connectivity index (χ1) is 11.9. The van der Waals surface area contributed by atoms with Crippen LogP contribution in [-0.2, 0) is 0 Å². The predicted molar refractivity (Wildman–Crippen MR) is 108 cm³/mol. The first kappa shape index (κ1) is 24.6. The van der Waals surface area contributed by atoms with Gasteiger partial charge in [0.25, 0.3) is 0 Å². The summed E-state index contributed by atoms with van der Waals surface area (Å²) in [5, 5.41) is 29.2. The molecule has 0 spiro atoms. The summed E-state index contributed by atoms with van der Waals surface area (Å²) in [7, 11) is 0. The average molecular weight is 361 g/mol. The number of nitrogens with zero attached hydrogens (tertiary/aromatic N) is 4. The molecule has 4 nitrogen and oxygen atoms in total. The summed E-state index contributed by atoms with van der Waals surface area (Å²) in [4.78, 5) is 0. The van der Waals surface area contributed by atoms with Crippen molar-refractivity contribution in [3.8, 4) is 12.1 Å². The lowest BCUT2D eigenvalue weighted by atomic mass is 9.77. The normalized spacial score (nSPS) is 19.4. The quantitative estimate of drug-likeness (QED) is 0.409. The van der Waals surface area contributed by atoms with Crippen LogP contribution in [0.1, 0.15) is 82.1 Å². The second kappa shape index (κ2) is 10.1. The van der Waals surface area contributed by atoms with E-state index in [1.807, 2.05) is 27.7 Å². The highest BCUT2D eigenvalue weighted by Crippen LogP contribution is 2.37. The number of rotatable bonds is 10. The monoisotopic (exact) mass is 360 g/mol. The lowest BCUT2D eigenvalue weighted by molar-refractivity contribution is 0.232. The fourth-order valence-corrected chi connectivity index (χ4v) is 2.81. The van der Waals surface area contributed by atoms with Gasteiger partial charge in [-0.3, -0.25) is 0 Å². The van der Waals surface area contributed by atoms with E-state index >= 15 is 0 Å². The van der Waals surface area contributed by atoms with Crippen LogP contribution in [0.25, 0.3) is 0 Å². The number of hydrogen-bond donors (Lipinski definition) is 0. The van der Waals surface area contributed by atoms with Crippen molar-refractivity contribution >= 4 is 0 Å². The molecule has 0 bridgehead atoms. The molecule has 148 valence electrons. The lowest BCUT2D eigenvalue weighted by Gasteiger charge is -2.33. The van der Waals surface area contributed by atoms with Gasteiger partial charge >= 0.3 is 0 Å². The van der Waals surface area contributed by atoms with Crippen LogP contribution in [0, 0.1) is 58.2 Å². The van der Waals surface area contributed by atoms with Gasteiger partial charge in [0.2, 0.25) is 0 Å².